The van der Waals surface area contributed by atoms with Crippen molar-refractivity contribution in [1.82, 2.24) is 9.78 Å². The van der Waals surface area contributed by atoms with Crippen molar-refractivity contribution < 1.29 is 14.7 Å². The van der Waals surface area contributed by atoms with Crippen LogP contribution < -0.4 is 0 Å². The fraction of sp³-hybridized carbons (Fsp3) is 0.150. The van der Waals surface area contributed by atoms with Gasteiger partial charge in [-0.15, -0.1) is 0 Å². The van der Waals surface area contributed by atoms with E-state index in [4.69, 9.17) is 23.2 Å². The number of hydrogen-bond acceptors (Lipinski definition) is 4. The van der Waals surface area contributed by atoms with E-state index >= 15 is 0 Å². The number of aliphatic hydroxyl groups excluding tert-OH is 1. The second-order valence-corrected chi connectivity index (χ2v) is 6.90. The van der Waals surface area contributed by atoms with Gasteiger partial charge < -0.3 is 5.11 Å². The monoisotopic (exact) mass is 402 g/mol. The van der Waals surface area contributed by atoms with E-state index in [0.29, 0.717) is 16.3 Å². The van der Waals surface area contributed by atoms with Crippen molar-refractivity contribution in [1.29, 1.82) is 0 Å². The van der Waals surface area contributed by atoms with Crippen LogP contribution in [0, 0.1) is 6.92 Å². The summed E-state index contributed by atoms with van der Waals surface area (Å²) < 4.78 is 1.35. The molecule has 5 nitrogen and oxygen atoms in total. The van der Waals surface area contributed by atoms with E-state index in [1.165, 1.54) is 16.8 Å². The van der Waals surface area contributed by atoms with Crippen molar-refractivity contribution in [3.63, 3.8) is 0 Å². The Morgan fingerprint density at radius 3 is 2.41 bits per heavy atom. The van der Waals surface area contributed by atoms with E-state index in [2.05, 4.69) is 5.10 Å². The SMILES string of the molecule is Cc1nn(C)c(C(O)C(=O)c2ccccc2)c1C(=O)c1ccc(Cl)cc1Cl. The summed E-state index contributed by atoms with van der Waals surface area (Å²) in [4.78, 5) is 25.8. The molecule has 0 aliphatic rings. The second-order valence-electron chi connectivity index (χ2n) is 6.06. The van der Waals surface area contributed by atoms with Gasteiger partial charge in [-0.3, -0.25) is 14.3 Å². The molecule has 0 amide bonds. The molecule has 0 aliphatic carbocycles. The third-order valence-electron chi connectivity index (χ3n) is 4.24. The van der Waals surface area contributed by atoms with Gasteiger partial charge in [0.25, 0.3) is 0 Å². The lowest BCUT2D eigenvalue weighted by molar-refractivity contribution is 0.0729. The Hall–Kier alpha value is -2.47. The molecule has 138 valence electrons. The molecule has 1 aromatic heterocycles. The Morgan fingerprint density at radius 1 is 1.11 bits per heavy atom. The van der Waals surface area contributed by atoms with Gasteiger partial charge in [0.05, 0.1) is 22.0 Å². The Balaban J connectivity index is 2.08. The van der Waals surface area contributed by atoms with E-state index in [1.807, 2.05) is 0 Å². The summed E-state index contributed by atoms with van der Waals surface area (Å²) >= 11 is 12.1. The zero-order valence-corrected chi connectivity index (χ0v) is 16.1. The molecule has 0 radical (unpaired) electrons. The third kappa shape index (κ3) is 3.67. The van der Waals surface area contributed by atoms with Crippen molar-refractivity contribution in [3.8, 4) is 0 Å². The Morgan fingerprint density at radius 2 is 1.78 bits per heavy atom. The molecule has 7 heteroatoms. The topological polar surface area (TPSA) is 72.2 Å². The van der Waals surface area contributed by atoms with E-state index < -0.39 is 17.7 Å². The van der Waals surface area contributed by atoms with Gasteiger partial charge in [-0.25, -0.2) is 0 Å². The fourth-order valence-corrected chi connectivity index (χ4v) is 3.46. The van der Waals surface area contributed by atoms with Gasteiger partial charge >= 0.3 is 0 Å². The quantitative estimate of drug-likeness (QED) is 0.649. The summed E-state index contributed by atoms with van der Waals surface area (Å²) in [6, 6.07) is 12.9. The number of halogens is 2. The molecule has 1 unspecified atom stereocenters. The maximum atomic E-state index is 13.1. The summed E-state index contributed by atoms with van der Waals surface area (Å²) in [5.74, 6) is -0.952. The molecular formula is C20H16Cl2N2O3. The number of ketones is 2. The normalized spacial score (nSPS) is 12.0. The van der Waals surface area contributed by atoms with Crippen LogP contribution in [0.3, 0.4) is 0 Å². The molecule has 1 atom stereocenters. The average Bonchev–Trinajstić information content (AvgIpc) is 2.94. The molecule has 2 aromatic carbocycles. The smallest absolute Gasteiger partial charge is 0.198 e. The van der Waals surface area contributed by atoms with Crippen LogP contribution in [-0.4, -0.2) is 26.5 Å². The number of aromatic nitrogens is 2. The van der Waals surface area contributed by atoms with Gasteiger partial charge in [0.2, 0.25) is 0 Å². The summed E-state index contributed by atoms with van der Waals surface area (Å²) in [5.41, 5.74) is 1.23. The zero-order valence-electron chi connectivity index (χ0n) is 14.6. The van der Waals surface area contributed by atoms with Crippen LogP contribution in [0.15, 0.2) is 48.5 Å². The zero-order chi connectivity index (χ0) is 19.7. The Kier molecular flexibility index (Phi) is 5.46. The first-order chi connectivity index (χ1) is 12.8. The third-order valence-corrected chi connectivity index (χ3v) is 4.78. The molecule has 27 heavy (non-hydrogen) atoms. The molecule has 1 N–H and O–H groups in total. The summed E-state index contributed by atoms with van der Waals surface area (Å²) in [5, 5.41) is 15.5. The highest BCUT2D eigenvalue weighted by atomic mass is 35.5. The number of rotatable bonds is 5. The number of nitrogens with zero attached hydrogens (tertiary/aromatic N) is 2. The average molecular weight is 403 g/mol. The standard InChI is InChI=1S/C20H16Cl2N2O3/c1-11-16(19(26)14-9-8-13(21)10-15(14)22)17(24(2)23-11)20(27)18(25)12-6-4-3-5-7-12/h3-10,20,27H,1-2H3. The highest BCUT2D eigenvalue weighted by Gasteiger charge is 2.31. The van der Waals surface area contributed by atoms with E-state index in [0.717, 1.165) is 0 Å². The van der Waals surface area contributed by atoms with Gasteiger partial charge in [0.15, 0.2) is 17.7 Å². The number of hydrogen-bond donors (Lipinski definition) is 1. The molecule has 1 heterocycles. The molecule has 0 bridgehead atoms. The lowest BCUT2D eigenvalue weighted by Gasteiger charge is -2.13. The van der Waals surface area contributed by atoms with Crippen molar-refractivity contribution in [2.45, 2.75) is 13.0 Å². The van der Waals surface area contributed by atoms with Crippen molar-refractivity contribution in [3.05, 3.63) is 86.7 Å². The van der Waals surface area contributed by atoms with Crippen molar-refractivity contribution >= 4 is 34.8 Å². The predicted octanol–water partition coefficient (Wildman–Crippen LogP) is 4.18. The number of aryl methyl sites for hydroxylation is 2. The van der Waals surface area contributed by atoms with E-state index in [-0.39, 0.29) is 21.8 Å². The van der Waals surface area contributed by atoms with Crippen molar-refractivity contribution in [2.24, 2.45) is 7.05 Å². The summed E-state index contributed by atoms with van der Waals surface area (Å²) in [6.45, 7) is 1.64. The van der Waals surface area contributed by atoms with Gasteiger partial charge in [-0.1, -0.05) is 53.5 Å². The number of carbonyl (C=O) groups is 2. The molecule has 3 aromatic rings. The first kappa shape index (κ1) is 19.3. The summed E-state index contributed by atoms with van der Waals surface area (Å²) in [6.07, 6.45) is -1.54. The molecule has 0 spiro atoms. The predicted molar refractivity (Wildman–Crippen MR) is 104 cm³/mol. The van der Waals surface area contributed by atoms with Gasteiger partial charge in [-0.05, 0) is 25.1 Å². The molecule has 0 saturated heterocycles. The maximum Gasteiger partial charge on any atom is 0.198 e. The minimum absolute atomic E-state index is 0.123. The Labute approximate surface area is 166 Å². The van der Waals surface area contributed by atoms with Crippen LogP contribution in [0.1, 0.15) is 43.8 Å². The maximum absolute atomic E-state index is 13.1. The highest BCUT2D eigenvalue weighted by Crippen LogP contribution is 2.29. The van der Waals surface area contributed by atoms with Gasteiger partial charge in [0.1, 0.15) is 0 Å². The molecular weight excluding hydrogens is 387 g/mol. The van der Waals surface area contributed by atoms with Gasteiger partial charge in [-0.2, -0.15) is 5.10 Å². The van der Waals surface area contributed by atoms with E-state index in [1.54, 1.807) is 50.4 Å². The lowest BCUT2D eigenvalue weighted by atomic mass is 9.95. The van der Waals surface area contributed by atoms with Crippen LogP contribution in [0.25, 0.3) is 0 Å². The molecule has 0 saturated carbocycles. The highest BCUT2D eigenvalue weighted by molar-refractivity contribution is 6.37. The molecule has 0 aliphatic heterocycles. The molecule has 3 rings (SSSR count). The number of Topliss-reactive ketones (excluding diaryl/α,β-unsaturated/α-hetero) is 1. The minimum Gasteiger partial charge on any atom is -0.379 e. The first-order valence-corrected chi connectivity index (χ1v) is 8.87. The minimum atomic E-state index is -1.54. The largest absolute Gasteiger partial charge is 0.379 e. The van der Waals surface area contributed by atoms with Gasteiger partial charge in [0, 0.05) is 23.2 Å². The Bertz CT molecular complexity index is 1030. The molecule has 0 fully saturated rings. The first-order valence-electron chi connectivity index (χ1n) is 8.11. The van der Waals surface area contributed by atoms with Crippen LogP contribution >= 0.6 is 23.2 Å². The fourth-order valence-electron chi connectivity index (χ4n) is 2.96. The van der Waals surface area contributed by atoms with Crippen LogP contribution in [0.5, 0.6) is 0 Å². The van der Waals surface area contributed by atoms with Crippen LogP contribution in [-0.2, 0) is 7.05 Å². The number of aliphatic hydroxyl groups is 1. The second kappa shape index (κ2) is 7.64. The van der Waals surface area contributed by atoms with Crippen LogP contribution in [0.2, 0.25) is 10.0 Å². The van der Waals surface area contributed by atoms with Crippen LogP contribution in [0.4, 0.5) is 0 Å². The number of benzene rings is 2. The lowest BCUT2D eigenvalue weighted by Crippen LogP contribution is -2.19. The summed E-state index contributed by atoms with van der Waals surface area (Å²) in [7, 11) is 1.57. The number of carbonyl (C=O) groups excluding carboxylic acids is 2. The van der Waals surface area contributed by atoms with Crippen molar-refractivity contribution in [2.75, 3.05) is 0 Å². The van der Waals surface area contributed by atoms with E-state index in [9.17, 15) is 14.7 Å².